The molecule has 0 amide bonds. The number of aliphatic imine (C=N–C) groups is 2. The molecule has 0 bridgehead atoms. The number of guanidine groups is 1. The first-order valence-corrected chi connectivity index (χ1v) is 4.14. The lowest BCUT2D eigenvalue weighted by atomic mass is 10.5. The zero-order valence-electron chi connectivity index (χ0n) is 8.67. The van der Waals surface area contributed by atoms with Crippen LogP contribution in [0.5, 0.6) is 0 Å². The van der Waals surface area contributed by atoms with Gasteiger partial charge >= 0.3 is 6.02 Å². The van der Waals surface area contributed by atoms with Gasteiger partial charge in [-0.1, -0.05) is 0 Å². The molecule has 0 atom stereocenters. The Bertz CT molecular complexity index is 334. The molecule has 1 aliphatic rings. The van der Waals surface area contributed by atoms with Gasteiger partial charge < -0.3 is 15.2 Å². The highest BCUT2D eigenvalue weighted by atomic mass is 16.5. The Morgan fingerprint density at radius 2 is 2.33 bits per heavy atom. The van der Waals surface area contributed by atoms with Crippen molar-refractivity contribution in [1.29, 1.82) is 0 Å². The Labute approximate surface area is 87.6 Å². The Morgan fingerprint density at radius 3 is 2.87 bits per heavy atom. The van der Waals surface area contributed by atoms with E-state index < -0.39 is 0 Å². The Kier molecular flexibility index (Phi) is 3.67. The van der Waals surface area contributed by atoms with Crippen LogP contribution in [0, 0.1) is 0 Å². The van der Waals surface area contributed by atoms with Gasteiger partial charge in [0.25, 0.3) is 0 Å². The van der Waals surface area contributed by atoms with E-state index in [0.29, 0.717) is 18.3 Å². The third-order valence-electron chi connectivity index (χ3n) is 1.68. The average molecular weight is 211 g/mol. The Hall–Kier alpha value is -2.05. The van der Waals surface area contributed by atoms with E-state index in [1.807, 2.05) is 0 Å². The number of methoxy groups -OCH3 is 2. The van der Waals surface area contributed by atoms with Gasteiger partial charge in [-0.15, -0.1) is 5.10 Å². The summed E-state index contributed by atoms with van der Waals surface area (Å²) in [5.74, 6) is 0.688. The molecule has 82 valence electrons. The number of hydrogen-bond acceptors (Lipinski definition) is 5. The second kappa shape index (κ2) is 4.99. The molecule has 0 spiro atoms. The van der Waals surface area contributed by atoms with Crippen LogP contribution in [0.1, 0.15) is 0 Å². The minimum absolute atomic E-state index is 0.0390. The van der Waals surface area contributed by atoms with E-state index in [1.54, 1.807) is 13.3 Å². The average Bonchev–Trinajstić information content (AvgIpc) is 2.28. The van der Waals surface area contributed by atoms with Gasteiger partial charge in [0.15, 0.2) is 0 Å². The van der Waals surface area contributed by atoms with Crippen LogP contribution in [0.3, 0.4) is 0 Å². The molecule has 7 heteroatoms. The predicted molar refractivity (Wildman–Crippen MR) is 57.4 cm³/mol. The zero-order chi connectivity index (χ0) is 11.3. The zero-order valence-corrected chi connectivity index (χ0v) is 8.67. The summed E-state index contributed by atoms with van der Waals surface area (Å²) in [7, 11) is 3.04. The van der Waals surface area contributed by atoms with Crippen LogP contribution in [0.25, 0.3) is 0 Å². The van der Waals surface area contributed by atoms with Crippen LogP contribution in [0.15, 0.2) is 27.0 Å². The quantitative estimate of drug-likeness (QED) is 0.503. The van der Waals surface area contributed by atoms with Crippen molar-refractivity contribution < 1.29 is 9.47 Å². The van der Waals surface area contributed by atoms with Crippen LogP contribution < -0.4 is 5.73 Å². The number of rotatable bonds is 2. The van der Waals surface area contributed by atoms with Crippen molar-refractivity contribution >= 4 is 18.7 Å². The van der Waals surface area contributed by atoms with Gasteiger partial charge in [0, 0.05) is 0 Å². The van der Waals surface area contributed by atoms with Crippen LogP contribution in [-0.2, 0) is 9.47 Å². The molecule has 0 aromatic carbocycles. The van der Waals surface area contributed by atoms with Crippen molar-refractivity contribution in [3.8, 4) is 0 Å². The largest absolute Gasteiger partial charge is 0.498 e. The number of hydrogen-bond donors (Lipinski definition) is 1. The van der Waals surface area contributed by atoms with Crippen LogP contribution in [0.4, 0.5) is 0 Å². The maximum atomic E-state index is 5.42. The molecule has 0 unspecified atom stereocenters. The van der Waals surface area contributed by atoms with Crippen LogP contribution in [-0.4, -0.2) is 44.5 Å². The van der Waals surface area contributed by atoms with Crippen LogP contribution in [0.2, 0.25) is 0 Å². The second-order valence-corrected chi connectivity index (χ2v) is 2.59. The number of nitrogens with zero attached hydrogens (tertiary/aromatic N) is 4. The number of amidine groups is 1. The van der Waals surface area contributed by atoms with E-state index >= 15 is 0 Å². The SMILES string of the molecule is C=NC(N)=NN1CC(OC)=CN=C1OC. The minimum Gasteiger partial charge on any atom is -0.498 e. The molecule has 1 heterocycles. The lowest BCUT2D eigenvalue weighted by Crippen LogP contribution is -2.33. The Morgan fingerprint density at radius 1 is 1.60 bits per heavy atom. The third kappa shape index (κ3) is 2.70. The maximum Gasteiger partial charge on any atom is 0.313 e. The predicted octanol–water partition coefficient (Wildman–Crippen LogP) is -0.278. The first-order chi connectivity index (χ1) is 7.21. The lowest BCUT2D eigenvalue weighted by Gasteiger charge is -2.22. The molecule has 2 N–H and O–H groups in total. The van der Waals surface area contributed by atoms with E-state index in [2.05, 4.69) is 21.8 Å². The maximum absolute atomic E-state index is 5.42. The fourth-order valence-corrected chi connectivity index (χ4v) is 0.959. The summed E-state index contributed by atoms with van der Waals surface area (Å²) >= 11 is 0. The fraction of sp³-hybridized carbons (Fsp3) is 0.375. The summed E-state index contributed by atoms with van der Waals surface area (Å²) in [6.45, 7) is 3.65. The number of hydrazone groups is 1. The van der Waals surface area contributed by atoms with E-state index in [1.165, 1.54) is 12.1 Å². The van der Waals surface area contributed by atoms with Gasteiger partial charge in [0.05, 0.1) is 20.4 Å². The van der Waals surface area contributed by atoms with E-state index in [-0.39, 0.29) is 5.96 Å². The van der Waals surface area contributed by atoms with Gasteiger partial charge in [0.2, 0.25) is 5.96 Å². The first-order valence-electron chi connectivity index (χ1n) is 4.14. The van der Waals surface area contributed by atoms with Crippen molar-refractivity contribution in [2.24, 2.45) is 20.8 Å². The molecule has 0 saturated carbocycles. The molecule has 0 aliphatic carbocycles. The molecule has 1 rings (SSSR count). The van der Waals surface area contributed by atoms with E-state index in [0.717, 1.165) is 0 Å². The highest BCUT2D eigenvalue weighted by molar-refractivity contribution is 5.84. The van der Waals surface area contributed by atoms with Crippen molar-refractivity contribution in [2.75, 3.05) is 20.8 Å². The summed E-state index contributed by atoms with van der Waals surface area (Å²) in [5, 5.41) is 5.36. The van der Waals surface area contributed by atoms with Gasteiger partial charge in [-0.2, -0.15) is 0 Å². The van der Waals surface area contributed by atoms with Gasteiger partial charge in [-0.05, 0) is 6.72 Å². The standard InChI is InChI=1S/C8H13N5O2/c1-10-7(9)12-13-5-6(14-2)4-11-8(13)15-3/h4H,1,5H2,2-3H3,(H2,9,12). The van der Waals surface area contributed by atoms with Gasteiger partial charge in [-0.25, -0.2) is 15.0 Å². The van der Waals surface area contributed by atoms with E-state index in [9.17, 15) is 0 Å². The van der Waals surface area contributed by atoms with Crippen molar-refractivity contribution in [1.82, 2.24) is 5.01 Å². The van der Waals surface area contributed by atoms with Crippen molar-refractivity contribution in [3.63, 3.8) is 0 Å². The number of nitrogens with two attached hydrogens (primary N) is 1. The third-order valence-corrected chi connectivity index (χ3v) is 1.68. The van der Waals surface area contributed by atoms with Gasteiger partial charge in [-0.3, -0.25) is 0 Å². The highest BCUT2D eigenvalue weighted by Gasteiger charge is 2.18. The summed E-state index contributed by atoms with van der Waals surface area (Å²) in [6, 6.07) is 0.322. The minimum atomic E-state index is 0.0390. The topological polar surface area (TPSA) is 84.8 Å². The highest BCUT2D eigenvalue weighted by Crippen LogP contribution is 2.09. The van der Waals surface area contributed by atoms with Gasteiger partial charge in [0.1, 0.15) is 12.3 Å². The number of ether oxygens (including phenoxy) is 2. The molecular weight excluding hydrogens is 198 g/mol. The molecular formula is C8H13N5O2. The first kappa shape index (κ1) is 11.0. The van der Waals surface area contributed by atoms with Crippen molar-refractivity contribution in [3.05, 3.63) is 12.0 Å². The lowest BCUT2D eigenvalue weighted by molar-refractivity contribution is 0.223. The second-order valence-electron chi connectivity index (χ2n) is 2.59. The Balaban J connectivity index is 2.86. The van der Waals surface area contributed by atoms with Crippen LogP contribution >= 0.6 is 0 Å². The molecule has 7 nitrogen and oxygen atoms in total. The molecule has 0 radical (unpaired) electrons. The molecule has 0 aromatic rings. The molecule has 1 aliphatic heterocycles. The van der Waals surface area contributed by atoms with Crippen molar-refractivity contribution in [2.45, 2.75) is 0 Å². The summed E-state index contributed by atoms with van der Waals surface area (Å²) < 4.78 is 10.0. The fourth-order valence-electron chi connectivity index (χ4n) is 0.959. The molecule has 15 heavy (non-hydrogen) atoms. The molecule has 0 saturated heterocycles. The normalized spacial score (nSPS) is 16.7. The summed E-state index contributed by atoms with van der Waals surface area (Å²) in [4.78, 5) is 7.45. The smallest absolute Gasteiger partial charge is 0.313 e. The molecule has 0 aromatic heterocycles. The molecule has 0 fully saturated rings. The summed E-state index contributed by atoms with van der Waals surface area (Å²) in [6.07, 6.45) is 1.56. The van der Waals surface area contributed by atoms with E-state index in [4.69, 9.17) is 15.2 Å². The monoisotopic (exact) mass is 211 g/mol. The summed E-state index contributed by atoms with van der Waals surface area (Å²) in [5.41, 5.74) is 5.42.